The number of hydrogen-bond donors (Lipinski definition) is 0. The van der Waals surface area contributed by atoms with Crippen molar-refractivity contribution in [3.8, 4) is 11.4 Å². The Balaban J connectivity index is 1.42. The summed E-state index contributed by atoms with van der Waals surface area (Å²) < 4.78 is 25.9. The smallest absolute Gasteiger partial charge is 0.265 e. The molecule has 0 spiro atoms. The highest BCUT2D eigenvalue weighted by Gasteiger charge is 2.32. The maximum Gasteiger partial charge on any atom is 0.265 e. The molecule has 1 aliphatic heterocycles. The van der Waals surface area contributed by atoms with Crippen LogP contribution in [0.3, 0.4) is 0 Å². The van der Waals surface area contributed by atoms with E-state index in [9.17, 15) is 14.0 Å². The Morgan fingerprint density at radius 3 is 2.97 bits per heavy atom. The number of fused-ring (bicyclic) bond motifs is 1. The Labute approximate surface area is 181 Å². The summed E-state index contributed by atoms with van der Waals surface area (Å²) in [6.45, 7) is 2.54. The van der Waals surface area contributed by atoms with Crippen LogP contribution >= 0.6 is 0 Å². The molecule has 1 amide bonds. The maximum atomic E-state index is 13.5. The number of rotatable bonds is 3. The van der Waals surface area contributed by atoms with E-state index in [2.05, 4.69) is 15.1 Å². The fourth-order valence-electron chi connectivity index (χ4n) is 4.11. The molecule has 0 N–H and O–H groups in total. The number of halogens is 1. The van der Waals surface area contributed by atoms with Crippen LogP contribution in [0.5, 0.6) is 0 Å². The lowest BCUT2D eigenvalue weighted by molar-refractivity contribution is 0.0695. The predicted octanol–water partition coefficient (Wildman–Crippen LogP) is 3.04. The molecule has 4 heterocycles. The number of carbonyl (C=O) groups excluding carboxylic acids is 1. The molecule has 1 aromatic carbocycles. The second-order valence-electron chi connectivity index (χ2n) is 7.93. The highest BCUT2D eigenvalue weighted by molar-refractivity contribution is 6.06. The number of carbonyl (C=O) groups is 1. The maximum absolute atomic E-state index is 13.5. The topological polar surface area (TPSA) is 107 Å². The van der Waals surface area contributed by atoms with Crippen molar-refractivity contribution in [3.63, 3.8) is 0 Å². The van der Waals surface area contributed by atoms with Crippen molar-refractivity contribution in [1.82, 2.24) is 24.6 Å². The number of aryl methyl sites for hydroxylation is 2. The monoisotopic (exact) mass is 437 g/mol. The van der Waals surface area contributed by atoms with Crippen molar-refractivity contribution in [2.45, 2.75) is 25.7 Å². The molecule has 1 unspecified atom stereocenters. The minimum Gasteiger partial charge on any atom is -0.442 e. The summed E-state index contributed by atoms with van der Waals surface area (Å²) in [5.41, 5.74) is 0.576. The summed E-state index contributed by atoms with van der Waals surface area (Å²) in [6, 6.07) is 5.97. The van der Waals surface area contributed by atoms with E-state index in [1.807, 2.05) is 0 Å². The fourth-order valence-corrected chi connectivity index (χ4v) is 4.11. The zero-order valence-electron chi connectivity index (χ0n) is 17.5. The van der Waals surface area contributed by atoms with E-state index in [1.165, 1.54) is 23.0 Å². The van der Waals surface area contributed by atoms with E-state index in [4.69, 9.17) is 8.94 Å². The zero-order valence-corrected chi connectivity index (χ0v) is 17.5. The highest BCUT2D eigenvalue weighted by atomic mass is 19.1. The van der Waals surface area contributed by atoms with Crippen molar-refractivity contribution < 1.29 is 18.1 Å². The second kappa shape index (κ2) is 7.70. The first-order valence-corrected chi connectivity index (χ1v) is 10.3. The summed E-state index contributed by atoms with van der Waals surface area (Å²) in [6.07, 6.45) is 2.87. The molecule has 3 aromatic heterocycles. The Morgan fingerprint density at radius 1 is 1.31 bits per heavy atom. The number of likely N-dealkylation sites (tertiary alicyclic amines) is 1. The summed E-state index contributed by atoms with van der Waals surface area (Å²) >= 11 is 0. The summed E-state index contributed by atoms with van der Waals surface area (Å²) in [4.78, 5) is 36.2. The molecular formula is C22H20FN5O4. The van der Waals surface area contributed by atoms with Crippen LogP contribution in [0, 0.1) is 12.7 Å². The first kappa shape index (κ1) is 20.1. The molecule has 10 heteroatoms. The van der Waals surface area contributed by atoms with Gasteiger partial charge in [-0.2, -0.15) is 4.98 Å². The quantitative estimate of drug-likeness (QED) is 0.485. The standard InChI is InChI=1S/C22H20FN5O4/c1-12-16(17-20(31-12)24-11-27(2)21(17)29)22(30)28-8-4-6-14(10-28)19-25-18(26-32-19)13-5-3-7-15(23)9-13/h3,5,7,9,11,14H,4,6,8,10H2,1-2H3. The molecule has 0 aliphatic carbocycles. The fraction of sp³-hybridized carbons (Fsp3) is 0.318. The molecule has 1 saturated heterocycles. The Morgan fingerprint density at radius 2 is 2.16 bits per heavy atom. The third-order valence-electron chi connectivity index (χ3n) is 5.74. The molecular weight excluding hydrogens is 417 g/mol. The van der Waals surface area contributed by atoms with Gasteiger partial charge >= 0.3 is 0 Å². The van der Waals surface area contributed by atoms with E-state index in [0.717, 1.165) is 12.8 Å². The number of benzene rings is 1. The first-order chi connectivity index (χ1) is 15.4. The molecule has 4 aromatic rings. The molecule has 5 rings (SSSR count). The summed E-state index contributed by atoms with van der Waals surface area (Å²) in [7, 11) is 1.58. The molecule has 0 radical (unpaired) electrons. The molecule has 9 nitrogen and oxygen atoms in total. The minimum absolute atomic E-state index is 0.152. The van der Waals surface area contributed by atoms with Crippen LogP contribution < -0.4 is 5.56 Å². The van der Waals surface area contributed by atoms with Gasteiger partial charge in [0.15, 0.2) is 0 Å². The van der Waals surface area contributed by atoms with Crippen LogP contribution in [0.25, 0.3) is 22.5 Å². The number of piperidine rings is 1. The van der Waals surface area contributed by atoms with E-state index in [-0.39, 0.29) is 39.9 Å². The average molecular weight is 437 g/mol. The lowest BCUT2D eigenvalue weighted by Crippen LogP contribution is -2.39. The van der Waals surface area contributed by atoms with E-state index in [1.54, 1.807) is 31.0 Å². The van der Waals surface area contributed by atoms with Crippen molar-refractivity contribution in [2.24, 2.45) is 7.05 Å². The van der Waals surface area contributed by atoms with E-state index < -0.39 is 0 Å². The van der Waals surface area contributed by atoms with Crippen LogP contribution in [0.1, 0.15) is 40.8 Å². The lowest BCUT2D eigenvalue weighted by atomic mass is 9.97. The molecule has 32 heavy (non-hydrogen) atoms. The average Bonchev–Trinajstić information content (AvgIpc) is 3.41. The molecule has 1 aliphatic rings. The Bertz CT molecular complexity index is 1390. The summed E-state index contributed by atoms with van der Waals surface area (Å²) in [5.74, 6) is 0.214. The van der Waals surface area contributed by atoms with E-state index in [0.29, 0.717) is 36.1 Å². The van der Waals surface area contributed by atoms with Crippen LogP contribution in [0.15, 0.2) is 44.3 Å². The van der Waals surface area contributed by atoms with Gasteiger partial charge in [0.05, 0.1) is 11.5 Å². The Kier molecular flexibility index (Phi) is 4.84. The van der Waals surface area contributed by atoms with Crippen LogP contribution in [0.2, 0.25) is 0 Å². The molecule has 1 fully saturated rings. The second-order valence-corrected chi connectivity index (χ2v) is 7.93. The van der Waals surface area contributed by atoms with Crippen molar-refractivity contribution in [2.75, 3.05) is 13.1 Å². The Hall–Kier alpha value is -3.82. The first-order valence-electron chi connectivity index (χ1n) is 10.3. The summed E-state index contributed by atoms with van der Waals surface area (Å²) in [5, 5.41) is 4.16. The largest absolute Gasteiger partial charge is 0.442 e. The van der Waals surface area contributed by atoms with Gasteiger partial charge in [0.1, 0.15) is 23.3 Å². The molecule has 0 bridgehead atoms. The third kappa shape index (κ3) is 3.37. The minimum atomic E-state index is -0.383. The van der Waals surface area contributed by atoms with Gasteiger partial charge in [-0.3, -0.25) is 9.59 Å². The van der Waals surface area contributed by atoms with Gasteiger partial charge in [-0.15, -0.1) is 0 Å². The molecule has 1 atom stereocenters. The SMILES string of the molecule is Cc1oc2ncn(C)c(=O)c2c1C(=O)N1CCCC(c2nc(-c3cccc(F)c3)no2)C1. The van der Waals surface area contributed by atoms with Crippen molar-refractivity contribution >= 4 is 17.0 Å². The van der Waals surface area contributed by atoms with Crippen LogP contribution in [0.4, 0.5) is 4.39 Å². The molecule has 0 saturated carbocycles. The molecule has 164 valence electrons. The van der Waals surface area contributed by atoms with Gasteiger partial charge in [-0.1, -0.05) is 17.3 Å². The van der Waals surface area contributed by atoms with Crippen LogP contribution in [-0.2, 0) is 7.05 Å². The third-order valence-corrected chi connectivity index (χ3v) is 5.74. The van der Waals surface area contributed by atoms with Crippen LogP contribution in [-0.4, -0.2) is 43.6 Å². The number of nitrogens with zero attached hydrogens (tertiary/aromatic N) is 5. The number of furan rings is 1. The van der Waals surface area contributed by atoms with Gasteiger partial charge in [-0.05, 0) is 31.9 Å². The van der Waals surface area contributed by atoms with Gasteiger partial charge in [0.25, 0.3) is 11.5 Å². The van der Waals surface area contributed by atoms with E-state index >= 15 is 0 Å². The highest BCUT2D eigenvalue weighted by Crippen LogP contribution is 2.30. The van der Waals surface area contributed by atoms with Gasteiger partial charge in [0.2, 0.25) is 17.4 Å². The predicted molar refractivity (Wildman–Crippen MR) is 112 cm³/mol. The van der Waals surface area contributed by atoms with Gasteiger partial charge < -0.3 is 18.4 Å². The zero-order chi connectivity index (χ0) is 22.4. The number of amides is 1. The van der Waals surface area contributed by atoms with Gasteiger partial charge in [0, 0.05) is 25.7 Å². The van der Waals surface area contributed by atoms with Crippen molar-refractivity contribution in [1.29, 1.82) is 0 Å². The van der Waals surface area contributed by atoms with Gasteiger partial charge in [-0.25, -0.2) is 9.37 Å². The van der Waals surface area contributed by atoms with Crippen molar-refractivity contribution in [3.05, 3.63) is 64.0 Å². The normalized spacial score (nSPS) is 16.6. The number of aromatic nitrogens is 4. The number of hydrogen-bond acceptors (Lipinski definition) is 7. The lowest BCUT2D eigenvalue weighted by Gasteiger charge is -2.31.